The Balaban J connectivity index is 1.82. The molecule has 0 aliphatic carbocycles. The number of anilines is 1. The van der Waals surface area contributed by atoms with Gasteiger partial charge in [0.05, 0.1) is 11.7 Å². The highest BCUT2D eigenvalue weighted by atomic mass is 79.9. The minimum Gasteiger partial charge on any atom is -0.396 e. The second-order valence-electron chi connectivity index (χ2n) is 6.18. The molecule has 0 bridgehead atoms. The summed E-state index contributed by atoms with van der Waals surface area (Å²) in [5.41, 5.74) is 2.20. The lowest BCUT2D eigenvalue weighted by Gasteiger charge is -2.31. The number of amides is 2. The number of nitrogens with zero attached hydrogens (tertiary/aromatic N) is 1. The van der Waals surface area contributed by atoms with Crippen molar-refractivity contribution < 1.29 is 19.1 Å². The molecule has 2 N–H and O–H groups in total. The van der Waals surface area contributed by atoms with E-state index >= 15 is 0 Å². The molecule has 0 spiro atoms. The van der Waals surface area contributed by atoms with Gasteiger partial charge in [0.25, 0.3) is 0 Å². The number of carbonyl (C=O) groups is 2. The Labute approximate surface area is 164 Å². The number of hydrogen-bond donors (Lipinski definition) is 2. The summed E-state index contributed by atoms with van der Waals surface area (Å²) >= 11 is 3.42. The summed E-state index contributed by atoms with van der Waals surface area (Å²) in [5.74, 6) is -0.470. The van der Waals surface area contributed by atoms with Crippen LogP contribution in [0.25, 0.3) is 0 Å². The maximum absolute atomic E-state index is 13.2. The summed E-state index contributed by atoms with van der Waals surface area (Å²) < 4.78 is 13.9. The van der Waals surface area contributed by atoms with Crippen LogP contribution in [-0.4, -0.2) is 28.4 Å². The first-order valence-corrected chi connectivity index (χ1v) is 9.22. The molecule has 1 aliphatic heterocycles. The molecule has 0 aromatic heterocycles. The fourth-order valence-electron chi connectivity index (χ4n) is 2.92. The second-order valence-corrected chi connectivity index (χ2v) is 7.03. The first-order chi connectivity index (χ1) is 13.0. The number of urea groups is 1. The van der Waals surface area contributed by atoms with E-state index in [1.54, 1.807) is 18.2 Å². The topological polar surface area (TPSA) is 69.6 Å². The van der Waals surface area contributed by atoms with Gasteiger partial charge in [-0.1, -0.05) is 18.2 Å². The second kappa shape index (κ2) is 8.45. The van der Waals surface area contributed by atoms with Crippen molar-refractivity contribution in [2.24, 2.45) is 0 Å². The van der Waals surface area contributed by atoms with Crippen molar-refractivity contribution in [1.82, 2.24) is 4.90 Å². The third-order valence-electron chi connectivity index (χ3n) is 4.32. The van der Waals surface area contributed by atoms with Gasteiger partial charge in [-0.05, 0) is 63.8 Å². The summed E-state index contributed by atoms with van der Waals surface area (Å²) in [5, 5.41) is 11.8. The lowest BCUT2D eigenvalue weighted by molar-refractivity contribution is -0.116. The van der Waals surface area contributed by atoms with Crippen LogP contribution in [0, 0.1) is 5.82 Å². The van der Waals surface area contributed by atoms with Crippen molar-refractivity contribution in [3.8, 4) is 0 Å². The van der Waals surface area contributed by atoms with Crippen LogP contribution in [0.3, 0.4) is 0 Å². The van der Waals surface area contributed by atoms with E-state index in [-0.39, 0.29) is 24.6 Å². The number of aliphatic hydroxyl groups excluding tert-OH is 1. The third-order valence-corrected chi connectivity index (χ3v) is 4.97. The van der Waals surface area contributed by atoms with Crippen LogP contribution >= 0.6 is 15.9 Å². The minimum absolute atomic E-state index is 0.0457. The minimum atomic E-state index is -0.504. The number of carbonyl (C=O) groups excluding carboxylic acids is 2. The van der Waals surface area contributed by atoms with Crippen LogP contribution in [0.5, 0.6) is 0 Å². The van der Waals surface area contributed by atoms with Crippen molar-refractivity contribution in [2.75, 3.05) is 11.9 Å². The Kier molecular flexibility index (Phi) is 6.03. The van der Waals surface area contributed by atoms with E-state index in [0.717, 1.165) is 5.56 Å². The van der Waals surface area contributed by atoms with Gasteiger partial charge in [-0.3, -0.25) is 9.69 Å². The normalized spacial score (nSPS) is 16.5. The average Bonchev–Trinajstić information content (AvgIpc) is 2.64. The molecule has 0 unspecified atom stereocenters. The molecule has 2 aromatic carbocycles. The van der Waals surface area contributed by atoms with Crippen molar-refractivity contribution in [2.45, 2.75) is 18.9 Å². The van der Waals surface area contributed by atoms with Crippen molar-refractivity contribution in [3.05, 3.63) is 76.2 Å². The molecule has 0 radical (unpaired) electrons. The highest BCUT2D eigenvalue weighted by molar-refractivity contribution is 9.10. The average molecular weight is 433 g/mol. The maximum atomic E-state index is 13.2. The van der Waals surface area contributed by atoms with Crippen LogP contribution < -0.4 is 5.32 Å². The zero-order valence-corrected chi connectivity index (χ0v) is 15.9. The molecule has 2 amide bonds. The summed E-state index contributed by atoms with van der Waals surface area (Å²) in [6, 6.07) is 10.3. The van der Waals surface area contributed by atoms with Gasteiger partial charge in [-0.25, -0.2) is 9.18 Å². The molecule has 1 aliphatic rings. The Morgan fingerprint density at radius 2 is 2.00 bits per heavy atom. The molecule has 5 nitrogen and oxygen atoms in total. The summed E-state index contributed by atoms with van der Waals surface area (Å²) in [6.45, 7) is 0.0457. The zero-order valence-electron chi connectivity index (χ0n) is 14.4. The maximum Gasteiger partial charge on any atom is 0.326 e. The van der Waals surface area contributed by atoms with Crippen molar-refractivity contribution >= 4 is 33.4 Å². The molecular weight excluding hydrogens is 415 g/mol. The van der Waals surface area contributed by atoms with E-state index in [0.29, 0.717) is 22.1 Å². The Morgan fingerprint density at radius 1 is 1.26 bits per heavy atom. The van der Waals surface area contributed by atoms with E-state index in [9.17, 15) is 14.0 Å². The third kappa shape index (κ3) is 4.61. The fraction of sp³-hybridized carbons (Fsp3) is 0.200. The summed E-state index contributed by atoms with van der Waals surface area (Å²) in [4.78, 5) is 26.1. The number of aliphatic hydroxyl groups is 1. The SMILES string of the molecule is O=C1C=CN(C(=O)Nc2ccc(CCO)cc2Br)[C@H](c2ccc(F)cc2)C1. The number of ketones is 1. The van der Waals surface area contributed by atoms with Gasteiger partial charge in [0.2, 0.25) is 0 Å². The van der Waals surface area contributed by atoms with Gasteiger partial charge < -0.3 is 10.4 Å². The van der Waals surface area contributed by atoms with Gasteiger partial charge in [-0.2, -0.15) is 0 Å². The number of allylic oxidation sites excluding steroid dienone is 1. The molecule has 0 saturated carbocycles. The lowest BCUT2D eigenvalue weighted by atomic mass is 9.97. The number of hydrogen-bond acceptors (Lipinski definition) is 3. The fourth-order valence-corrected chi connectivity index (χ4v) is 3.45. The van der Waals surface area contributed by atoms with Gasteiger partial charge in [-0.15, -0.1) is 0 Å². The molecule has 2 aromatic rings. The van der Waals surface area contributed by atoms with E-state index < -0.39 is 12.1 Å². The quantitative estimate of drug-likeness (QED) is 0.760. The molecular formula is C20H18BrFN2O3. The van der Waals surface area contributed by atoms with Crippen LogP contribution in [0.1, 0.15) is 23.6 Å². The van der Waals surface area contributed by atoms with Gasteiger partial charge in [0.1, 0.15) is 5.82 Å². The first-order valence-electron chi connectivity index (χ1n) is 8.43. The van der Waals surface area contributed by atoms with E-state index in [1.807, 2.05) is 12.1 Å². The van der Waals surface area contributed by atoms with Crippen molar-refractivity contribution in [3.63, 3.8) is 0 Å². The van der Waals surface area contributed by atoms with Crippen LogP contribution in [-0.2, 0) is 11.2 Å². The number of nitrogens with one attached hydrogen (secondary N) is 1. The molecule has 27 heavy (non-hydrogen) atoms. The summed E-state index contributed by atoms with van der Waals surface area (Å²) in [6.07, 6.45) is 3.46. The Bertz CT molecular complexity index is 883. The highest BCUT2D eigenvalue weighted by Gasteiger charge is 2.29. The molecule has 1 atom stereocenters. The number of benzene rings is 2. The summed E-state index contributed by atoms with van der Waals surface area (Å²) in [7, 11) is 0. The standard InChI is InChI=1S/C20H18BrFN2O3/c21-17-11-13(8-10-25)1-6-18(17)23-20(27)24-9-7-16(26)12-19(24)14-2-4-15(22)5-3-14/h1-7,9,11,19,25H,8,10,12H2,(H,23,27)/t19-/m0/s1. The van der Waals surface area contributed by atoms with Crippen LogP contribution in [0.4, 0.5) is 14.9 Å². The van der Waals surface area contributed by atoms with Crippen LogP contribution in [0.15, 0.2) is 59.2 Å². The highest BCUT2D eigenvalue weighted by Crippen LogP contribution is 2.30. The number of rotatable bonds is 4. The largest absolute Gasteiger partial charge is 0.396 e. The Hall–Kier alpha value is -2.51. The monoisotopic (exact) mass is 432 g/mol. The predicted octanol–water partition coefficient (Wildman–Crippen LogP) is 4.18. The zero-order chi connectivity index (χ0) is 19.4. The van der Waals surface area contributed by atoms with E-state index in [4.69, 9.17) is 5.11 Å². The Morgan fingerprint density at radius 3 is 2.67 bits per heavy atom. The molecule has 3 rings (SSSR count). The predicted molar refractivity (Wildman–Crippen MR) is 104 cm³/mol. The van der Waals surface area contributed by atoms with Crippen molar-refractivity contribution in [1.29, 1.82) is 0 Å². The smallest absolute Gasteiger partial charge is 0.326 e. The molecule has 0 fully saturated rings. The first kappa shape index (κ1) is 19.3. The molecule has 0 saturated heterocycles. The molecule has 1 heterocycles. The van der Waals surface area contributed by atoms with E-state index in [1.165, 1.54) is 29.3 Å². The number of halogens is 2. The molecule has 7 heteroatoms. The van der Waals surface area contributed by atoms with Gasteiger partial charge in [0, 0.05) is 23.7 Å². The molecule has 140 valence electrons. The van der Waals surface area contributed by atoms with Gasteiger partial charge >= 0.3 is 6.03 Å². The van der Waals surface area contributed by atoms with E-state index in [2.05, 4.69) is 21.2 Å². The lowest BCUT2D eigenvalue weighted by Crippen LogP contribution is -2.37. The van der Waals surface area contributed by atoms with Gasteiger partial charge in [0.15, 0.2) is 5.78 Å². The van der Waals surface area contributed by atoms with Crippen LogP contribution in [0.2, 0.25) is 0 Å².